The van der Waals surface area contributed by atoms with Crippen LogP contribution in [0.25, 0.3) is 0 Å². The Morgan fingerprint density at radius 3 is 2.70 bits per heavy atom. The van der Waals surface area contributed by atoms with Gasteiger partial charge < -0.3 is 4.90 Å². The Bertz CT molecular complexity index is 923. The number of sulfone groups is 1. The zero-order valence-corrected chi connectivity index (χ0v) is 17.2. The summed E-state index contributed by atoms with van der Waals surface area (Å²) in [6.45, 7) is 2.27. The van der Waals surface area contributed by atoms with Crippen molar-refractivity contribution in [2.45, 2.75) is 31.1 Å². The first-order valence-corrected chi connectivity index (χ1v) is 11.8. The summed E-state index contributed by atoms with van der Waals surface area (Å²) < 4.78 is 23.9. The second-order valence-electron chi connectivity index (χ2n) is 6.26. The van der Waals surface area contributed by atoms with Crippen LogP contribution >= 0.6 is 23.4 Å². The van der Waals surface area contributed by atoms with E-state index in [0.29, 0.717) is 18.1 Å². The molecule has 6 nitrogen and oxygen atoms in total. The Labute approximate surface area is 168 Å². The van der Waals surface area contributed by atoms with E-state index in [-0.39, 0.29) is 28.1 Å². The van der Waals surface area contributed by atoms with Gasteiger partial charge in [0, 0.05) is 12.6 Å². The molecule has 1 fully saturated rings. The highest BCUT2D eigenvalue weighted by molar-refractivity contribution is 7.99. The highest BCUT2D eigenvalue weighted by Crippen LogP contribution is 2.25. The highest BCUT2D eigenvalue weighted by atomic mass is 35.5. The van der Waals surface area contributed by atoms with Gasteiger partial charge in [-0.2, -0.15) is 0 Å². The number of carbonyl (C=O) groups is 1. The minimum Gasteiger partial charge on any atom is -0.329 e. The third-order valence-electron chi connectivity index (χ3n) is 4.30. The highest BCUT2D eigenvalue weighted by Gasteiger charge is 2.36. The van der Waals surface area contributed by atoms with E-state index in [1.54, 1.807) is 4.90 Å². The molecule has 0 spiro atoms. The SMILES string of the molecule is CCSc1ncc(Cl)c(C(=O)N(Cc2ccccc2)[C@H]2CCS(=O)(=O)C2)n1. The number of hydrogen-bond donors (Lipinski definition) is 0. The minimum absolute atomic E-state index is 0.0369. The minimum atomic E-state index is -3.14. The molecular formula is C18H20ClN3O3S2. The van der Waals surface area contributed by atoms with Crippen molar-refractivity contribution in [1.82, 2.24) is 14.9 Å². The summed E-state index contributed by atoms with van der Waals surface area (Å²) in [6.07, 6.45) is 1.84. The molecule has 0 saturated carbocycles. The summed E-state index contributed by atoms with van der Waals surface area (Å²) in [5.41, 5.74) is 1.03. The molecule has 1 aromatic carbocycles. The Morgan fingerprint density at radius 2 is 2.07 bits per heavy atom. The first-order valence-electron chi connectivity index (χ1n) is 8.60. The van der Waals surface area contributed by atoms with Crippen LogP contribution in [0.2, 0.25) is 5.02 Å². The lowest BCUT2D eigenvalue weighted by molar-refractivity contribution is 0.0674. The average molecular weight is 426 g/mol. The zero-order chi connectivity index (χ0) is 19.4. The molecule has 0 radical (unpaired) electrons. The van der Waals surface area contributed by atoms with Crippen molar-refractivity contribution in [3.05, 3.63) is 52.8 Å². The Balaban J connectivity index is 1.94. The van der Waals surface area contributed by atoms with Crippen molar-refractivity contribution in [1.29, 1.82) is 0 Å². The first kappa shape index (κ1) is 20.1. The quantitative estimate of drug-likeness (QED) is 0.522. The molecular weight excluding hydrogens is 406 g/mol. The van der Waals surface area contributed by atoms with Gasteiger partial charge in [0.1, 0.15) is 0 Å². The molecule has 1 aliphatic rings. The standard InChI is InChI=1S/C18H20ClN3O3S2/c1-2-26-18-20-10-15(19)16(21-18)17(23)22(11-13-6-4-3-5-7-13)14-8-9-27(24,25)12-14/h3-7,10,14H,2,8-9,11-12H2,1H3/t14-/m0/s1. The van der Waals surface area contributed by atoms with E-state index in [9.17, 15) is 13.2 Å². The van der Waals surface area contributed by atoms with Crippen molar-refractivity contribution in [2.24, 2.45) is 0 Å². The maximum atomic E-state index is 13.3. The topological polar surface area (TPSA) is 80.2 Å². The molecule has 27 heavy (non-hydrogen) atoms. The van der Waals surface area contributed by atoms with E-state index < -0.39 is 15.9 Å². The summed E-state index contributed by atoms with van der Waals surface area (Å²) in [7, 11) is -3.14. The van der Waals surface area contributed by atoms with Crippen LogP contribution in [0.15, 0.2) is 41.7 Å². The Kier molecular flexibility index (Phi) is 6.39. The van der Waals surface area contributed by atoms with Gasteiger partial charge in [0.05, 0.1) is 22.7 Å². The van der Waals surface area contributed by atoms with E-state index in [1.165, 1.54) is 18.0 Å². The van der Waals surface area contributed by atoms with Crippen LogP contribution in [-0.2, 0) is 16.4 Å². The van der Waals surface area contributed by atoms with Crippen LogP contribution < -0.4 is 0 Å². The molecule has 2 aromatic rings. The number of rotatable bonds is 6. The van der Waals surface area contributed by atoms with Crippen LogP contribution in [-0.4, -0.2) is 52.5 Å². The maximum Gasteiger partial charge on any atom is 0.274 e. The molecule has 0 N–H and O–H groups in total. The molecule has 0 bridgehead atoms. The van der Waals surface area contributed by atoms with Gasteiger partial charge in [0.2, 0.25) is 0 Å². The zero-order valence-electron chi connectivity index (χ0n) is 14.8. The molecule has 144 valence electrons. The summed E-state index contributed by atoms with van der Waals surface area (Å²) >= 11 is 7.62. The number of hydrogen-bond acceptors (Lipinski definition) is 6. The second kappa shape index (κ2) is 8.58. The van der Waals surface area contributed by atoms with Gasteiger partial charge in [-0.15, -0.1) is 0 Å². The number of benzene rings is 1. The fourth-order valence-electron chi connectivity index (χ4n) is 3.00. The molecule has 0 aliphatic carbocycles. The van der Waals surface area contributed by atoms with Crippen molar-refractivity contribution < 1.29 is 13.2 Å². The first-order chi connectivity index (χ1) is 12.9. The third-order valence-corrected chi connectivity index (χ3v) is 7.07. The lowest BCUT2D eigenvalue weighted by atomic mass is 10.1. The fraction of sp³-hybridized carbons (Fsp3) is 0.389. The molecule has 1 atom stereocenters. The number of aromatic nitrogens is 2. The fourth-order valence-corrected chi connectivity index (χ4v) is 5.45. The summed E-state index contributed by atoms with van der Waals surface area (Å²) in [6, 6.07) is 9.09. The van der Waals surface area contributed by atoms with Crippen molar-refractivity contribution in [3.8, 4) is 0 Å². The lowest BCUT2D eigenvalue weighted by Gasteiger charge is -2.28. The number of amides is 1. The molecule has 9 heteroatoms. The molecule has 1 saturated heterocycles. The van der Waals surface area contributed by atoms with E-state index in [1.807, 2.05) is 37.3 Å². The lowest BCUT2D eigenvalue weighted by Crippen LogP contribution is -2.41. The molecule has 3 rings (SSSR count). The Morgan fingerprint density at radius 1 is 1.33 bits per heavy atom. The van der Waals surface area contributed by atoms with Crippen LogP contribution in [0.4, 0.5) is 0 Å². The van der Waals surface area contributed by atoms with Crippen LogP contribution in [0.3, 0.4) is 0 Å². The predicted molar refractivity (Wildman–Crippen MR) is 107 cm³/mol. The van der Waals surface area contributed by atoms with Gasteiger partial charge in [-0.1, -0.05) is 60.6 Å². The third kappa shape index (κ3) is 5.00. The predicted octanol–water partition coefficient (Wildman–Crippen LogP) is 3.07. The van der Waals surface area contributed by atoms with Crippen LogP contribution in [0.5, 0.6) is 0 Å². The summed E-state index contributed by atoms with van der Waals surface area (Å²) in [4.78, 5) is 23.3. The van der Waals surface area contributed by atoms with Crippen molar-refractivity contribution >= 4 is 39.1 Å². The molecule has 1 aliphatic heterocycles. The summed E-state index contributed by atoms with van der Waals surface area (Å²) in [5, 5.41) is 0.642. The Hall–Kier alpha value is -1.64. The molecule has 1 aromatic heterocycles. The largest absolute Gasteiger partial charge is 0.329 e. The molecule has 0 unspecified atom stereocenters. The number of halogens is 1. The monoisotopic (exact) mass is 425 g/mol. The van der Waals surface area contributed by atoms with Crippen LogP contribution in [0.1, 0.15) is 29.4 Å². The van der Waals surface area contributed by atoms with E-state index >= 15 is 0 Å². The summed E-state index contributed by atoms with van der Waals surface area (Å²) in [5.74, 6) is 0.450. The normalized spacial score (nSPS) is 18.4. The number of nitrogens with zero attached hydrogens (tertiary/aromatic N) is 3. The number of carbonyl (C=O) groups excluding carboxylic acids is 1. The van der Waals surface area contributed by atoms with E-state index in [4.69, 9.17) is 11.6 Å². The van der Waals surface area contributed by atoms with Crippen molar-refractivity contribution in [3.63, 3.8) is 0 Å². The second-order valence-corrected chi connectivity index (χ2v) is 10.1. The van der Waals surface area contributed by atoms with Gasteiger partial charge in [-0.3, -0.25) is 4.79 Å². The van der Waals surface area contributed by atoms with E-state index in [0.717, 1.165) is 11.3 Å². The number of thioether (sulfide) groups is 1. The van der Waals surface area contributed by atoms with Gasteiger partial charge in [0.15, 0.2) is 20.7 Å². The van der Waals surface area contributed by atoms with Gasteiger partial charge in [0.25, 0.3) is 5.91 Å². The average Bonchev–Trinajstić information content (AvgIpc) is 3.01. The van der Waals surface area contributed by atoms with Gasteiger partial charge >= 0.3 is 0 Å². The van der Waals surface area contributed by atoms with Crippen molar-refractivity contribution in [2.75, 3.05) is 17.3 Å². The maximum absolute atomic E-state index is 13.3. The van der Waals surface area contributed by atoms with E-state index in [2.05, 4.69) is 9.97 Å². The van der Waals surface area contributed by atoms with Gasteiger partial charge in [-0.05, 0) is 17.7 Å². The van der Waals surface area contributed by atoms with Gasteiger partial charge in [-0.25, -0.2) is 18.4 Å². The molecule has 1 amide bonds. The smallest absolute Gasteiger partial charge is 0.274 e. The molecule has 2 heterocycles. The van der Waals surface area contributed by atoms with Crippen LogP contribution in [0, 0.1) is 0 Å².